The minimum Gasteiger partial charge on any atom is -0.496 e. The summed E-state index contributed by atoms with van der Waals surface area (Å²) < 4.78 is 18.5. The van der Waals surface area contributed by atoms with Gasteiger partial charge in [0.05, 0.1) is 18.4 Å². The second kappa shape index (κ2) is 7.15. The molecule has 0 radical (unpaired) electrons. The summed E-state index contributed by atoms with van der Waals surface area (Å²) >= 11 is 0. The molecule has 2 N–H and O–H groups in total. The standard InChI is InChI=1S/C22H17FN2O3/c1-28-19-5-3-2-4-16(19)15-10-11-18(20-17(15)12-24-22(20)27)25-21(26)13-6-8-14(23)9-7-13/h2-11H,12H2,1H3,(H,24,27)(H,25,26). The zero-order valence-electron chi connectivity index (χ0n) is 15.1. The van der Waals surface area contributed by atoms with Crippen molar-refractivity contribution in [3.05, 3.63) is 83.2 Å². The molecule has 0 aliphatic carbocycles. The molecule has 0 saturated carbocycles. The number of carbonyl (C=O) groups excluding carboxylic acids is 2. The minimum absolute atomic E-state index is 0.249. The van der Waals surface area contributed by atoms with E-state index in [1.165, 1.54) is 24.3 Å². The normalized spacial score (nSPS) is 12.3. The van der Waals surface area contributed by atoms with Crippen LogP contribution in [0.1, 0.15) is 26.3 Å². The Balaban J connectivity index is 1.75. The molecule has 6 heteroatoms. The van der Waals surface area contributed by atoms with E-state index in [-0.39, 0.29) is 5.91 Å². The number of benzene rings is 3. The first-order valence-electron chi connectivity index (χ1n) is 8.73. The van der Waals surface area contributed by atoms with Crippen LogP contribution in [0.25, 0.3) is 11.1 Å². The number of fused-ring (bicyclic) bond motifs is 1. The topological polar surface area (TPSA) is 67.4 Å². The number of nitrogens with one attached hydrogen (secondary N) is 2. The molecule has 1 aliphatic heterocycles. The average Bonchev–Trinajstić information content (AvgIpc) is 3.11. The van der Waals surface area contributed by atoms with Gasteiger partial charge in [-0.25, -0.2) is 4.39 Å². The van der Waals surface area contributed by atoms with Crippen molar-refractivity contribution >= 4 is 17.5 Å². The zero-order chi connectivity index (χ0) is 19.7. The third-order valence-electron chi connectivity index (χ3n) is 4.72. The van der Waals surface area contributed by atoms with Crippen LogP contribution in [0.15, 0.2) is 60.7 Å². The van der Waals surface area contributed by atoms with Gasteiger partial charge in [-0.15, -0.1) is 0 Å². The van der Waals surface area contributed by atoms with Crippen LogP contribution in [-0.2, 0) is 6.54 Å². The second-order valence-corrected chi connectivity index (χ2v) is 6.36. The molecule has 2 amide bonds. The summed E-state index contributed by atoms with van der Waals surface area (Å²) in [6.45, 7) is 0.363. The van der Waals surface area contributed by atoms with Gasteiger partial charge in [-0.2, -0.15) is 0 Å². The smallest absolute Gasteiger partial charge is 0.255 e. The van der Waals surface area contributed by atoms with Gasteiger partial charge in [-0.1, -0.05) is 24.3 Å². The van der Waals surface area contributed by atoms with E-state index in [1.807, 2.05) is 30.3 Å². The Morgan fingerprint density at radius 1 is 1.04 bits per heavy atom. The maximum absolute atomic E-state index is 13.1. The van der Waals surface area contributed by atoms with E-state index in [2.05, 4.69) is 10.6 Å². The molecule has 0 aromatic heterocycles. The van der Waals surface area contributed by atoms with Gasteiger partial charge in [0, 0.05) is 17.7 Å². The molecule has 140 valence electrons. The molecule has 1 aliphatic rings. The zero-order valence-corrected chi connectivity index (χ0v) is 15.1. The van der Waals surface area contributed by atoms with Crippen LogP contribution in [0.2, 0.25) is 0 Å². The lowest BCUT2D eigenvalue weighted by Crippen LogP contribution is -2.17. The molecule has 4 rings (SSSR count). The number of methoxy groups -OCH3 is 1. The SMILES string of the molecule is COc1ccccc1-c1ccc(NC(=O)c2ccc(F)cc2)c2c1CNC2=O. The highest BCUT2D eigenvalue weighted by molar-refractivity contribution is 6.11. The van der Waals surface area contributed by atoms with Crippen molar-refractivity contribution in [3.8, 4) is 16.9 Å². The predicted octanol–water partition coefficient (Wildman–Crippen LogP) is 4.00. The van der Waals surface area contributed by atoms with Crippen LogP contribution in [0.3, 0.4) is 0 Å². The molecule has 0 unspecified atom stereocenters. The maximum atomic E-state index is 13.1. The average molecular weight is 376 g/mol. The predicted molar refractivity (Wildman–Crippen MR) is 104 cm³/mol. The highest BCUT2D eigenvalue weighted by Gasteiger charge is 2.27. The number of amides is 2. The van der Waals surface area contributed by atoms with Crippen molar-refractivity contribution in [2.45, 2.75) is 6.54 Å². The Morgan fingerprint density at radius 3 is 2.54 bits per heavy atom. The summed E-state index contributed by atoms with van der Waals surface area (Å²) in [6, 6.07) is 16.4. The Morgan fingerprint density at radius 2 is 1.79 bits per heavy atom. The van der Waals surface area contributed by atoms with E-state index < -0.39 is 11.7 Å². The van der Waals surface area contributed by atoms with Crippen LogP contribution in [0, 0.1) is 5.82 Å². The molecule has 3 aromatic carbocycles. The minimum atomic E-state index is -0.419. The van der Waals surface area contributed by atoms with E-state index in [0.717, 1.165) is 16.7 Å². The molecule has 0 saturated heterocycles. The van der Waals surface area contributed by atoms with E-state index >= 15 is 0 Å². The Labute approximate surface area is 161 Å². The number of rotatable bonds is 4. The maximum Gasteiger partial charge on any atom is 0.255 e. The summed E-state index contributed by atoms with van der Waals surface area (Å²) in [5.74, 6) is -0.377. The third-order valence-corrected chi connectivity index (χ3v) is 4.72. The Kier molecular flexibility index (Phi) is 4.53. The van der Waals surface area contributed by atoms with Gasteiger partial charge in [-0.05, 0) is 47.5 Å². The number of para-hydroxylation sites is 1. The van der Waals surface area contributed by atoms with Crippen LogP contribution >= 0.6 is 0 Å². The Hall–Kier alpha value is -3.67. The van der Waals surface area contributed by atoms with Crippen molar-refractivity contribution in [3.63, 3.8) is 0 Å². The van der Waals surface area contributed by atoms with Crippen LogP contribution < -0.4 is 15.4 Å². The quantitative estimate of drug-likeness (QED) is 0.723. The van der Waals surface area contributed by atoms with Crippen LogP contribution in [-0.4, -0.2) is 18.9 Å². The second-order valence-electron chi connectivity index (χ2n) is 6.36. The number of hydrogen-bond donors (Lipinski definition) is 2. The first-order chi connectivity index (χ1) is 13.6. The van der Waals surface area contributed by atoms with E-state index in [4.69, 9.17) is 4.74 Å². The fourth-order valence-electron chi connectivity index (χ4n) is 3.37. The molecule has 28 heavy (non-hydrogen) atoms. The molecule has 0 fully saturated rings. The lowest BCUT2D eigenvalue weighted by Gasteiger charge is -2.15. The summed E-state index contributed by atoms with van der Waals surface area (Å²) in [4.78, 5) is 24.9. The summed E-state index contributed by atoms with van der Waals surface area (Å²) in [5, 5.41) is 5.58. The number of halogens is 1. The molecule has 0 atom stereocenters. The fraction of sp³-hybridized carbons (Fsp3) is 0.0909. The van der Waals surface area contributed by atoms with Crippen LogP contribution in [0.5, 0.6) is 5.75 Å². The molecule has 3 aromatic rings. The van der Waals surface area contributed by atoms with Gasteiger partial charge in [0.2, 0.25) is 0 Å². The van der Waals surface area contributed by atoms with E-state index in [0.29, 0.717) is 29.1 Å². The van der Waals surface area contributed by atoms with Gasteiger partial charge in [0.25, 0.3) is 11.8 Å². The van der Waals surface area contributed by atoms with Crippen molar-refractivity contribution < 1.29 is 18.7 Å². The molecule has 0 bridgehead atoms. The number of carbonyl (C=O) groups is 2. The molecule has 0 spiro atoms. The van der Waals surface area contributed by atoms with Crippen molar-refractivity contribution in [1.29, 1.82) is 0 Å². The van der Waals surface area contributed by atoms with Gasteiger partial charge in [-0.3, -0.25) is 9.59 Å². The highest BCUT2D eigenvalue weighted by Crippen LogP contribution is 2.38. The molecular formula is C22H17FN2O3. The number of anilines is 1. The molecular weight excluding hydrogens is 359 g/mol. The van der Waals surface area contributed by atoms with E-state index in [9.17, 15) is 14.0 Å². The van der Waals surface area contributed by atoms with Gasteiger partial charge in [0.1, 0.15) is 11.6 Å². The van der Waals surface area contributed by atoms with Gasteiger partial charge in [0.15, 0.2) is 0 Å². The first-order valence-corrected chi connectivity index (χ1v) is 8.73. The molecule has 5 nitrogen and oxygen atoms in total. The first kappa shape index (κ1) is 17.7. The lowest BCUT2D eigenvalue weighted by molar-refractivity contribution is 0.0966. The summed E-state index contributed by atoms with van der Waals surface area (Å²) in [5.41, 5.74) is 3.69. The lowest BCUT2D eigenvalue weighted by atomic mass is 9.95. The number of hydrogen-bond acceptors (Lipinski definition) is 3. The third kappa shape index (κ3) is 3.09. The number of ether oxygens (including phenoxy) is 1. The van der Waals surface area contributed by atoms with Gasteiger partial charge >= 0.3 is 0 Å². The largest absolute Gasteiger partial charge is 0.496 e. The van der Waals surface area contributed by atoms with Gasteiger partial charge < -0.3 is 15.4 Å². The van der Waals surface area contributed by atoms with E-state index in [1.54, 1.807) is 13.2 Å². The fourth-order valence-corrected chi connectivity index (χ4v) is 3.37. The monoisotopic (exact) mass is 376 g/mol. The molecule has 1 heterocycles. The van der Waals surface area contributed by atoms with Crippen LogP contribution in [0.4, 0.5) is 10.1 Å². The summed E-state index contributed by atoms with van der Waals surface area (Å²) in [7, 11) is 1.60. The summed E-state index contributed by atoms with van der Waals surface area (Å²) in [6.07, 6.45) is 0. The Bertz CT molecular complexity index is 1080. The van der Waals surface area contributed by atoms with Crippen molar-refractivity contribution in [2.24, 2.45) is 0 Å². The highest BCUT2D eigenvalue weighted by atomic mass is 19.1. The van der Waals surface area contributed by atoms with Crippen molar-refractivity contribution in [2.75, 3.05) is 12.4 Å². The van der Waals surface area contributed by atoms with Crippen molar-refractivity contribution in [1.82, 2.24) is 5.32 Å².